The molecule has 5 nitrogen and oxygen atoms in total. The molecule has 0 bridgehead atoms. The first-order valence-electron chi connectivity index (χ1n) is 9.21. The molecule has 150 valence electrons. The molecule has 0 rings (SSSR count). The van der Waals surface area contributed by atoms with Gasteiger partial charge in [-0.2, -0.15) is 0 Å². The smallest absolute Gasteiger partial charge is 0.303 e. The third kappa shape index (κ3) is 17.0. The summed E-state index contributed by atoms with van der Waals surface area (Å²) in [6, 6.07) is 0. The maximum Gasteiger partial charge on any atom is 0.303 e. The third-order valence-electron chi connectivity index (χ3n) is 3.44. The lowest BCUT2D eigenvalue weighted by Crippen LogP contribution is -2.22. The van der Waals surface area contributed by atoms with Crippen LogP contribution in [0.5, 0.6) is 0 Å². The summed E-state index contributed by atoms with van der Waals surface area (Å²) in [4.78, 5) is 10.4. The molecule has 0 aliphatic carbocycles. The van der Waals surface area contributed by atoms with Crippen molar-refractivity contribution < 1.29 is 25.2 Å². The van der Waals surface area contributed by atoms with E-state index in [9.17, 15) is 20.1 Å². The van der Waals surface area contributed by atoms with Crippen LogP contribution in [0.25, 0.3) is 0 Å². The molecule has 3 atom stereocenters. The molecule has 0 saturated carbocycles. The van der Waals surface area contributed by atoms with Crippen molar-refractivity contribution in [1.29, 1.82) is 0 Å². The minimum Gasteiger partial charge on any atom is -0.481 e. The highest BCUT2D eigenvalue weighted by atomic mass is 16.4. The number of aliphatic carboxylic acids is 1. The Morgan fingerprint density at radius 2 is 1.41 bits per heavy atom. The van der Waals surface area contributed by atoms with Gasteiger partial charge in [-0.05, 0) is 25.7 Å². The molecule has 0 fully saturated rings. The third-order valence-corrected chi connectivity index (χ3v) is 3.44. The van der Waals surface area contributed by atoms with Crippen molar-refractivity contribution in [2.75, 3.05) is 0 Å². The van der Waals surface area contributed by atoms with Gasteiger partial charge in [0.15, 0.2) is 0 Å². The van der Waals surface area contributed by atoms with E-state index in [1.54, 1.807) is 54.7 Å². The number of aliphatic hydroxyl groups is 3. The highest BCUT2D eigenvalue weighted by molar-refractivity contribution is 5.66. The molecule has 0 aromatic heterocycles. The minimum atomic E-state index is -0.992. The minimum absolute atomic E-state index is 0.0530. The Labute approximate surface area is 162 Å². The number of hydrogen-bond acceptors (Lipinski definition) is 4. The summed E-state index contributed by atoms with van der Waals surface area (Å²) >= 11 is 0. The van der Waals surface area contributed by atoms with Crippen LogP contribution in [0.3, 0.4) is 0 Å². The molecule has 0 spiro atoms. The summed E-state index contributed by atoms with van der Waals surface area (Å²) in [5.74, 6) is -0.861. The fourth-order valence-electron chi connectivity index (χ4n) is 1.94. The highest BCUT2D eigenvalue weighted by Crippen LogP contribution is 2.03. The molecule has 0 aromatic carbocycles. The molecule has 0 aliphatic heterocycles. The number of allylic oxidation sites excluding steroid dienone is 8. The number of rotatable bonds is 14. The van der Waals surface area contributed by atoms with Crippen LogP contribution in [0.4, 0.5) is 0 Å². The van der Waals surface area contributed by atoms with E-state index in [1.165, 1.54) is 6.08 Å². The van der Waals surface area contributed by atoms with Gasteiger partial charge in [0.2, 0.25) is 0 Å². The van der Waals surface area contributed by atoms with E-state index < -0.39 is 24.3 Å². The number of hydrogen-bond donors (Lipinski definition) is 4. The highest BCUT2D eigenvalue weighted by Gasteiger charge is 2.10. The SMILES string of the molecule is CC/C=C/C[C@@H](O)/C=C/C=C/C=C/C=C/[C@@H](O)[C@@H](O)C/C=C/CCC(=O)O. The summed E-state index contributed by atoms with van der Waals surface area (Å²) in [6.45, 7) is 2.05. The van der Waals surface area contributed by atoms with Crippen molar-refractivity contribution >= 4 is 5.97 Å². The van der Waals surface area contributed by atoms with Gasteiger partial charge in [0.25, 0.3) is 0 Å². The molecular formula is C22H32O5. The molecule has 0 heterocycles. The number of carboxylic acid groups (broad SMARTS) is 1. The zero-order valence-corrected chi connectivity index (χ0v) is 15.9. The van der Waals surface area contributed by atoms with Crippen molar-refractivity contribution in [2.45, 2.75) is 57.3 Å². The first-order valence-corrected chi connectivity index (χ1v) is 9.21. The standard InChI is InChI=1S/C22H32O5/c1-2-3-9-14-19(23)15-10-6-4-5-7-11-16-20(24)21(25)17-12-8-13-18-22(26)27/h3-12,15-16,19-21,23-25H,2,13-14,17-18H2,1H3,(H,26,27)/b6-4+,7-5+,9-3+,12-8+,15-10+,16-11+/t19-,20-,21+/m1/s1. The fraction of sp³-hybridized carbons (Fsp3) is 0.409. The van der Waals surface area contributed by atoms with Crippen LogP contribution in [0.2, 0.25) is 0 Å². The first kappa shape index (κ1) is 24.8. The second-order valence-corrected chi connectivity index (χ2v) is 5.92. The normalized spacial score (nSPS) is 16.6. The molecule has 0 saturated heterocycles. The van der Waals surface area contributed by atoms with E-state index in [-0.39, 0.29) is 12.8 Å². The maximum atomic E-state index is 10.4. The van der Waals surface area contributed by atoms with E-state index in [0.29, 0.717) is 12.8 Å². The van der Waals surface area contributed by atoms with Crippen LogP contribution in [0, 0.1) is 0 Å². The molecule has 4 N–H and O–H groups in total. The zero-order valence-electron chi connectivity index (χ0n) is 15.9. The fourth-order valence-corrected chi connectivity index (χ4v) is 1.94. The van der Waals surface area contributed by atoms with Crippen LogP contribution in [-0.2, 0) is 4.79 Å². The van der Waals surface area contributed by atoms with Crippen LogP contribution >= 0.6 is 0 Å². The lowest BCUT2D eigenvalue weighted by molar-refractivity contribution is -0.136. The Morgan fingerprint density at radius 3 is 2.04 bits per heavy atom. The molecular weight excluding hydrogens is 344 g/mol. The molecule has 0 aromatic rings. The predicted molar refractivity (Wildman–Crippen MR) is 109 cm³/mol. The van der Waals surface area contributed by atoms with Gasteiger partial charge >= 0.3 is 5.97 Å². The second kappa shape index (κ2) is 17.2. The summed E-state index contributed by atoms with van der Waals surface area (Å²) in [7, 11) is 0. The van der Waals surface area contributed by atoms with Crippen LogP contribution in [0.15, 0.2) is 72.9 Å². The molecule has 0 radical (unpaired) electrons. The quantitative estimate of drug-likeness (QED) is 0.275. The maximum absolute atomic E-state index is 10.4. The van der Waals surface area contributed by atoms with Crippen molar-refractivity contribution in [3.05, 3.63) is 72.9 Å². The Kier molecular flexibility index (Phi) is 15.8. The summed E-state index contributed by atoms with van der Waals surface area (Å²) in [5, 5.41) is 37.7. The van der Waals surface area contributed by atoms with Crippen LogP contribution < -0.4 is 0 Å². The van der Waals surface area contributed by atoms with Gasteiger partial charge in [-0.25, -0.2) is 0 Å². The molecule has 0 amide bonds. The van der Waals surface area contributed by atoms with Gasteiger partial charge in [0.1, 0.15) is 0 Å². The van der Waals surface area contributed by atoms with Crippen molar-refractivity contribution in [2.24, 2.45) is 0 Å². The summed E-state index contributed by atoms with van der Waals surface area (Å²) in [5.41, 5.74) is 0. The van der Waals surface area contributed by atoms with Crippen molar-refractivity contribution in [3.63, 3.8) is 0 Å². The monoisotopic (exact) mass is 376 g/mol. The van der Waals surface area contributed by atoms with Gasteiger partial charge in [0.05, 0.1) is 18.3 Å². The lowest BCUT2D eigenvalue weighted by atomic mass is 10.1. The Balaban J connectivity index is 4.06. The first-order chi connectivity index (χ1) is 13.0. The summed E-state index contributed by atoms with van der Waals surface area (Å²) in [6.07, 6.45) is 20.9. The van der Waals surface area contributed by atoms with E-state index in [0.717, 1.165) is 6.42 Å². The van der Waals surface area contributed by atoms with E-state index in [1.807, 2.05) is 19.1 Å². The van der Waals surface area contributed by atoms with Gasteiger partial charge in [-0.1, -0.05) is 79.8 Å². The number of carbonyl (C=O) groups is 1. The van der Waals surface area contributed by atoms with Gasteiger partial charge in [-0.3, -0.25) is 4.79 Å². The van der Waals surface area contributed by atoms with Crippen molar-refractivity contribution in [3.8, 4) is 0 Å². The topological polar surface area (TPSA) is 98.0 Å². The molecule has 0 unspecified atom stereocenters. The van der Waals surface area contributed by atoms with E-state index >= 15 is 0 Å². The molecule has 5 heteroatoms. The summed E-state index contributed by atoms with van der Waals surface area (Å²) < 4.78 is 0. The average molecular weight is 376 g/mol. The molecule has 0 aliphatic rings. The van der Waals surface area contributed by atoms with Gasteiger partial charge in [0, 0.05) is 6.42 Å². The van der Waals surface area contributed by atoms with Gasteiger partial charge < -0.3 is 20.4 Å². The Bertz CT molecular complexity index is 555. The second-order valence-electron chi connectivity index (χ2n) is 5.92. The van der Waals surface area contributed by atoms with E-state index in [2.05, 4.69) is 0 Å². The largest absolute Gasteiger partial charge is 0.481 e. The van der Waals surface area contributed by atoms with Crippen molar-refractivity contribution in [1.82, 2.24) is 0 Å². The Morgan fingerprint density at radius 1 is 0.815 bits per heavy atom. The predicted octanol–water partition coefficient (Wildman–Crippen LogP) is 3.46. The lowest BCUT2D eigenvalue weighted by Gasteiger charge is -2.11. The van der Waals surface area contributed by atoms with Crippen LogP contribution in [-0.4, -0.2) is 44.7 Å². The Hall–Kier alpha value is -2.21. The zero-order chi connectivity index (χ0) is 20.3. The van der Waals surface area contributed by atoms with Gasteiger partial charge in [-0.15, -0.1) is 0 Å². The molecule has 27 heavy (non-hydrogen) atoms. The van der Waals surface area contributed by atoms with Crippen LogP contribution in [0.1, 0.15) is 39.0 Å². The number of carboxylic acids is 1. The van der Waals surface area contributed by atoms with E-state index in [4.69, 9.17) is 5.11 Å². The number of aliphatic hydroxyl groups excluding tert-OH is 3. The average Bonchev–Trinajstić information content (AvgIpc) is 2.63.